The molecule has 0 bridgehead atoms. The maximum Gasteiger partial charge on any atom is 0.0354 e. The van der Waals surface area contributed by atoms with E-state index in [1.165, 1.54) is 16.7 Å². The molecule has 19 heavy (non-hydrogen) atoms. The zero-order valence-corrected chi connectivity index (χ0v) is 12.3. The minimum atomic E-state index is 0.0506. The van der Waals surface area contributed by atoms with Crippen LogP contribution in [0.4, 0.5) is 0 Å². The molecular formula is C16H23N3. The first kappa shape index (κ1) is 14.0. The van der Waals surface area contributed by atoms with Crippen LogP contribution in [-0.4, -0.2) is 6.04 Å². The number of rotatable bonds is 4. The summed E-state index contributed by atoms with van der Waals surface area (Å²) < 4.78 is 0. The van der Waals surface area contributed by atoms with Crippen LogP contribution in [0.1, 0.15) is 47.0 Å². The van der Waals surface area contributed by atoms with Crippen LogP contribution in [0.15, 0.2) is 40.1 Å². The van der Waals surface area contributed by atoms with E-state index in [0.29, 0.717) is 5.92 Å². The van der Waals surface area contributed by atoms with E-state index >= 15 is 0 Å². The van der Waals surface area contributed by atoms with Crippen LogP contribution in [-0.2, 0) is 0 Å². The van der Waals surface area contributed by atoms with Crippen LogP contribution in [0.5, 0.6) is 0 Å². The molecule has 2 atom stereocenters. The van der Waals surface area contributed by atoms with E-state index in [4.69, 9.17) is 5.53 Å². The fourth-order valence-corrected chi connectivity index (χ4v) is 3.23. The molecule has 1 unspecified atom stereocenters. The molecule has 0 aromatic rings. The predicted molar refractivity (Wildman–Crippen MR) is 79.7 cm³/mol. The first-order valence-corrected chi connectivity index (χ1v) is 7.16. The lowest BCUT2D eigenvalue weighted by Gasteiger charge is -2.33. The van der Waals surface area contributed by atoms with Crippen LogP contribution >= 0.6 is 0 Å². The summed E-state index contributed by atoms with van der Waals surface area (Å²) in [6.07, 6.45) is 10.1. The maximum absolute atomic E-state index is 8.54. The molecule has 0 N–H and O–H groups in total. The summed E-state index contributed by atoms with van der Waals surface area (Å²) in [5.74, 6) is 0.418. The molecule has 0 saturated carbocycles. The molecule has 0 aromatic heterocycles. The second kappa shape index (κ2) is 5.26. The Morgan fingerprint density at radius 1 is 1.53 bits per heavy atom. The van der Waals surface area contributed by atoms with E-state index < -0.39 is 0 Å². The van der Waals surface area contributed by atoms with Crippen LogP contribution in [0, 0.1) is 11.3 Å². The third kappa shape index (κ3) is 2.62. The molecule has 0 radical (unpaired) electrons. The van der Waals surface area contributed by atoms with Crippen molar-refractivity contribution in [2.75, 3.05) is 0 Å². The van der Waals surface area contributed by atoms with E-state index in [9.17, 15) is 0 Å². The molecule has 0 fully saturated rings. The molecule has 3 nitrogen and oxygen atoms in total. The molecule has 0 saturated heterocycles. The van der Waals surface area contributed by atoms with Gasteiger partial charge >= 0.3 is 0 Å². The fourth-order valence-electron chi connectivity index (χ4n) is 3.23. The lowest BCUT2D eigenvalue weighted by molar-refractivity contribution is 0.446. The van der Waals surface area contributed by atoms with Gasteiger partial charge in [0.25, 0.3) is 0 Å². The number of nitrogens with zero attached hydrogens (tertiary/aromatic N) is 3. The molecular weight excluding hydrogens is 234 g/mol. The highest BCUT2D eigenvalue weighted by Gasteiger charge is 2.34. The standard InChI is InChI=1S/C16H23N3/c1-5-12-8-9-16(3,4)14-7-6-13(15(12)14)10-11(2)18-19-17/h6-8,11,13H,5,9-10H2,1-4H3/t11-,13?/m0/s1. The Morgan fingerprint density at radius 2 is 2.26 bits per heavy atom. The van der Waals surface area contributed by atoms with Gasteiger partial charge < -0.3 is 0 Å². The molecule has 3 heteroatoms. The fraction of sp³-hybridized carbons (Fsp3) is 0.625. The van der Waals surface area contributed by atoms with Crippen molar-refractivity contribution in [3.8, 4) is 0 Å². The van der Waals surface area contributed by atoms with Crippen molar-refractivity contribution in [3.05, 3.63) is 45.4 Å². The number of allylic oxidation sites excluding steroid dienone is 6. The van der Waals surface area contributed by atoms with Crippen molar-refractivity contribution in [1.82, 2.24) is 0 Å². The molecule has 0 heterocycles. The highest BCUT2D eigenvalue weighted by atomic mass is 15.1. The van der Waals surface area contributed by atoms with Crippen molar-refractivity contribution in [2.24, 2.45) is 16.4 Å². The first-order chi connectivity index (χ1) is 8.99. The minimum Gasteiger partial charge on any atom is -0.0909 e. The van der Waals surface area contributed by atoms with E-state index in [-0.39, 0.29) is 11.5 Å². The molecule has 2 rings (SSSR count). The van der Waals surface area contributed by atoms with Gasteiger partial charge in [-0.2, -0.15) is 0 Å². The van der Waals surface area contributed by atoms with Crippen molar-refractivity contribution in [2.45, 2.75) is 53.0 Å². The lowest BCUT2D eigenvalue weighted by Crippen LogP contribution is -2.20. The van der Waals surface area contributed by atoms with Crippen LogP contribution in [0.2, 0.25) is 0 Å². The lowest BCUT2D eigenvalue weighted by atomic mass is 9.72. The number of hydrogen-bond acceptors (Lipinski definition) is 1. The summed E-state index contributed by atoms with van der Waals surface area (Å²) >= 11 is 0. The molecule has 0 spiro atoms. The topological polar surface area (TPSA) is 48.8 Å². The normalized spacial score (nSPS) is 25.7. The molecule has 102 valence electrons. The maximum atomic E-state index is 8.54. The summed E-state index contributed by atoms with van der Waals surface area (Å²) in [6.45, 7) is 8.85. The zero-order valence-electron chi connectivity index (χ0n) is 12.3. The van der Waals surface area contributed by atoms with Crippen molar-refractivity contribution in [1.29, 1.82) is 0 Å². The van der Waals surface area contributed by atoms with Gasteiger partial charge in [0, 0.05) is 16.9 Å². The Kier molecular flexibility index (Phi) is 3.86. The van der Waals surface area contributed by atoms with E-state index in [2.05, 4.69) is 49.0 Å². The summed E-state index contributed by atoms with van der Waals surface area (Å²) in [5.41, 5.74) is 13.3. The van der Waals surface area contributed by atoms with Crippen LogP contribution in [0.3, 0.4) is 0 Å². The second-order valence-corrected chi connectivity index (χ2v) is 6.25. The largest absolute Gasteiger partial charge is 0.0909 e. The van der Waals surface area contributed by atoms with Gasteiger partial charge in [-0.15, -0.1) is 0 Å². The Hall–Kier alpha value is -1.47. The second-order valence-electron chi connectivity index (χ2n) is 6.25. The zero-order chi connectivity index (χ0) is 14.0. The van der Waals surface area contributed by atoms with Gasteiger partial charge in [0.15, 0.2) is 0 Å². The van der Waals surface area contributed by atoms with Gasteiger partial charge in [-0.1, -0.05) is 51.0 Å². The van der Waals surface area contributed by atoms with Crippen molar-refractivity contribution < 1.29 is 0 Å². The van der Waals surface area contributed by atoms with E-state index in [1.807, 2.05) is 6.92 Å². The molecule has 0 amide bonds. The minimum absolute atomic E-state index is 0.0506. The van der Waals surface area contributed by atoms with E-state index in [0.717, 1.165) is 19.3 Å². The van der Waals surface area contributed by atoms with Crippen molar-refractivity contribution in [3.63, 3.8) is 0 Å². The molecule has 2 aliphatic rings. The first-order valence-electron chi connectivity index (χ1n) is 7.16. The summed E-state index contributed by atoms with van der Waals surface area (Å²) in [6, 6.07) is 0.0506. The third-order valence-electron chi connectivity index (χ3n) is 4.31. The Morgan fingerprint density at radius 3 is 2.89 bits per heavy atom. The van der Waals surface area contributed by atoms with E-state index in [1.54, 1.807) is 0 Å². The van der Waals surface area contributed by atoms with Gasteiger partial charge in [-0.25, -0.2) is 0 Å². The molecule has 2 aliphatic carbocycles. The van der Waals surface area contributed by atoms with Gasteiger partial charge in [0.1, 0.15) is 0 Å². The summed E-state index contributed by atoms with van der Waals surface area (Å²) in [7, 11) is 0. The monoisotopic (exact) mass is 257 g/mol. The third-order valence-corrected chi connectivity index (χ3v) is 4.31. The average Bonchev–Trinajstić information content (AvgIpc) is 2.75. The highest BCUT2D eigenvalue weighted by molar-refractivity contribution is 5.53. The van der Waals surface area contributed by atoms with Crippen LogP contribution < -0.4 is 0 Å². The Bertz CT molecular complexity index is 502. The molecule has 0 aromatic carbocycles. The average molecular weight is 257 g/mol. The Labute approximate surface area is 115 Å². The Balaban J connectivity index is 2.30. The van der Waals surface area contributed by atoms with Gasteiger partial charge in [-0.05, 0) is 46.9 Å². The van der Waals surface area contributed by atoms with Gasteiger partial charge in [-0.3, -0.25) is 0 Å². The SMILES string of the molecule is CCC1=CCC(C)(C)C2=C1C(C[C@H](C)N=[N+]=[N-])C=C2. The number of hydrogen-bond donors (Lipinski definition) is 0. The number of azide groups is 1. The van der Waals surface area contributed by atoms with Crippen LogP contribution in [0.25, 0.3) is 10.4 Å². The van der Waals surface area contributed by atoms with Gasteiger partial charge in [0.05, 0.1) is 0 Å². The summed E-state index contributed by atoms with van der Waals surface area (Å²) in [4.78, 5) is 2.92. The summed E-state index contributed by atoms with van der Waals surface area (Å²) in [5, 5.41) is 3.82. The molecule has 0 aliphatic heterocycles. The smallest absolute Gasteiger partial charge is 0.0354 e. The van der Waals surface area contributed by atoms with Gasteiger partial charge in [0.2, 0.25) is 0 Å². The quantitative estimate of drug-likeness (QED) is 0.371. The highest BCUT2D eigenvalue weighted by Crippen LogP contribution is 2.48. The predicted octanol–water partition coefficient (Wildman–Crippen LogP) is 5.32. The van der Waals surface area contributed by atoms with Crippen molar-refractivity contribution >= 4 is 0 Å².